The lowest BCUT2D eigenvalue weighted by Crippen LogP contribution is -2.47. The summed E-state index contributed by atoms with van der Waals surface area (Å²) in [6.45, 7) is 7.10. The molecule has 0 radical (unpaired) electrons. The maximum atomic E-state index is 13.3. The standard InChI is InChI=1S/C23H30N2O2/c1-4-6-11-16-27-21-15-10-8-13-19(21)22-24-20-14-9-7-12-18(20)23(26)25(22)17(3)5-2/h7-10,12-15,17,22,24H,4-6,11,16H2,1-3H3. The van der Waals surface area contributed by atoms with E-state index >= 15 is 0 Å². The van der Waals surface area contributed by atoms with E-state index in [9.17, 15) is 4.79 Å². The predicted molar refractivity (Wildman–Crippen MR) is 110 cm³/mol. The van der Waals surface area contributed by atoms with Gasteiger partial charge in [-0.25, -0.2) is 0 Å². The summed E-state index contributed by atoms with van der Waals surface area (Å²) >= 11 is 0. The van der Waals surface area contributed by atoms with E-state index in [1.807, 2.05) is 47.4 Å². The van der Waals surface area contributed by atoms with E-state index in [-0.39, 0.29) is 18.1 Å². The Morgan fingerprint density at radius 3 is 2.59 bits per heavy atom. The first-order chi connectivity index (χ1) is 13.2. The molecule has 0 spiro atoms. The van der Waals surface area contributed by atoms with Crippen LogP contribution in [-0.2, 0) is 0 Å². The number of carbonyl (C=O) groups excluding carboxylic acids is 1. The summed E-state index contributed by atoms with van der Waals surface area (Å²) in [6.07, 6.45) is 4.03. The first-order valence-electron chi connectivity index (χ1n) is 10.1. The zero-order valence-corrected chi connectivity index (χ0v) is 16.6. The zero-order valence-electron chi connectivity index (χ0n) is 16.6. The lowest BCUT2D eigenvalue weighted by atomic mass is 10.00. The molecular formula is C23H30N2O2. The second-order valence-corrected chi connectivity index (χ2v) is 7.16. The average molecular weight is 367 g/mol. The van der Waals surface area contributed by atoms with Gasteiger partial charge in [-0.2, -0.15) is 0 Å². The van der Waals surface area contributed by atoms with Crippen LogP contribution in [0.15, 0.2) is 48.5 Å². The Labute approximate surface area is 162 Å². The fourth-order valence-electron chi connectivity index (χ4n) is 3.52. The molecule has 0 saturated heterocycles. The number of hydrogen-bond acceptors (Lipinski definition) is 3. The van der Waals surface area contributed by atoms with Crippen LogP contribution in [0, 0.1) is 0 Å². The molecular weight excluding hydrogens is 336 g/mol. The summed E-state index contributed by atoms with van der Waals surface area (Å²) in [6, 6.07) is 15.9. The van der Waals surface area contributed by atoms with Crippen molar-refractivity contribution in [3.63, 3.8) is 0 Å². The van der Waals surface area contributed by atoms with Gasteiger partial charge >= 0.3 is 0 Å². The first-order valence-corrected chi connectivity index (χ1v) is 10.1. The molecule has 1 aliphatic heterocycles. The number of benzene rings is 2. The Morgan fingerprint density at radius 1 is 1.07 bits per heavy atom. The minimum absolute atomic E-state index is 0.0736. The van der Waals surface area contributed by atoms with E-state index in [2.05, 4.69) is 32.2 Å². The van der Waals surface area contributed by atoms with Gasteiger partial charge in [0.15, 0.2) is 0 Å². The summed E-state index contributed by atoms with van der Waals surface area (Å²) in [5, 5.41) is 3.58. The lowest BCUT2D eigenvalue weighted by molar-refractivity contribution is 0.0590. The topological polar surface area (TPSA) is 41.6 Å². The number of amides is 1. The molecule has 2 aromatic carbocycles. The van der Waals surface area contributed by atoms with Gasteiger partial charge in [0.05, 0.1) is 12.2 Å². The third kappa shape index (κ3) is 4.10. The minimum Gasteiger partial charge on any atom is -0.493 e. The highest BCUT2D eigenvalue weighted by Gasteiger charge is 2.36. The van der Waals surface area contributed by atoms with Crippen molar-refractivity contribution in [2.45, 2.75) is 58.7 Å². The van der Waals surface area contributed by atoms with Gasteiger partial charge < -0.3 is 15.0 Å². The van der Waals surface area contributed by atoms with Gasteiger partial charge in [-0.05, 0) is 38.0 Å². The van der Waals surface area contributed by atoms with Crippen LogP contribution in [0.3, 0.4) is 0 Å². The molecule has 0 fully saturated rings. The van der Waals surface area contributed by atoms with E-state index in [4.69, 9.17) is 4.74 Å². The maximum Gasteiger partial charge on any atom is 0.258 e. The molecule has 0 aliphatic carbocycles. The molecule has 0 saturated carbocycles. The van der Waals surface area contributed by atoms with E-state index < -0.39 is 0 Å². The van der Waals surface area contributed by atoms with Crippen LogP contribution in [0.5, 0.6) is 5.75 Å². The molecule has 0 aromatic heterocycles. The van der Waals surface area contributed by atoms with Crippen molar-refractivity contribution in [1.82, 2.24) is 4.90 Å². The number of hydrogen-bond donors (Lipinski definition) is 1. The Bertz CT molecular complexity index is 774. The number of anilines is 1. The zero-order chi connectivity index (χ0) is 19.2. The molecule has 1 amide bonds. The molecule has 3 rings (SSSR count). The Morgan fingerprint density at radius 2 is 1.81 bits per heavy atom. The number of rotatable bonds is 8. The molecule has 1 N–H and O–H groups in total. The van der Waals surface area contributed by atoms with Crippen molar-refractivity contribution in [2.75, 3.05) is 11.9 Å². The molecule has 2 atom stereocenters. The van der Waals surface area contributed by atoms with Crippen LogP contribution in [-0.4, -0.2) is 23.5 Å². The van der Waals surface area contributed by atoms with Crippen LogP contribution in [0.4, 0.5) is 5.69 Å². The third-order valence-corrected chi connectivity index (χ3v) is 5.25. The van der Waals surface area contributed by atoms with E-state index in [0.717, 1.165) is 41.8 Å². The number of carbonyl (C=O) groups is 1. The normalized spacial score (nSPS) is 17.2. The molecule has 4 nitrogen and oxygen atoms in total. The highest BCUT2D eigenvalue weighted by atomic mass is 16.5. The summed E-state index contributed by atoms with van der Waals surface area (Å²) in [4.78, 5) is 15.2. The number of fused-ring (bicyclic) bond motifs is 1. The van der Waals surface area contributed by atoms with Gasteiger partial charge in [0.1, 0.15) is 11.9 Å². The number of nitrogens with zero attached hydrogens (tertiary/aromatic N) is 1. The summed E-state index contributed by atoms with van der Waals surface area (Å²) < 4.78 is 6.10. The summed E-state index contributed by atoms with van der Waals surface area (Å²) in [7, 11) is 0. The molecule has 0 bridgehead atoms. The third-order valence-electron chi connectivity index (χ3n) is 5.25. The fourth-order valence-corrected chi connectivity index (χ4v) is 3.52. The van der Waals surface area contributed by atoms with Gasteiger partial charge in [-0.15, -0.1) is 0 Å². The monoisotopic (exact) mass is 366 g/mol. The van der Waals surface area contributed by atoms with Crippen LogP contribution in [0.2, 0.25) is 0 Å². The molecule has 1 aliphatic rings. The summed E-state index contributed by atoms with van der Waals surface area (Å²) in [5.41, 5.74) is 2.63. The Balaban J connectivity index is 1.95. The second-order valence-electron chi connectivity index (χ2n) is 7.16. The average Bonchev–Trinajstić information content (AvgIpc) is 2.71. The van der Waals surface area contributed by atoms with Crippen LogP contribution >= 0.6 is 0 Å². The molecule has 2 unspecified atom stereocenters. The molecule has 4 heteroatoms. The van der Waals surface area contributed by atoms with Crippen molar-refractivity contribution in [2.24, 2.45) is 0 Å². The van der Waals surface area contributed by atoms with Crippen molar-refractivity contribution >= 4 is 11.6 Å². The van der Waals surface area contributed by atoms with Crippen molar-refractivity contribution < 1.29 is 9.53 Å². The van der Waals surface area contributed by atoms with Crippen LogP contribution in [0.1, 0.15) is 68.5 Å². The number of unbranched alkanes of at least 4 members (excludes halogenated alkanes) is 2. The fraction of sp³-hybridized carbons (Fsp3) is 0.435. The van der Waals surface area contributed by atoms with Gasteiger partial charge in [0.25, 0.3) is 5.91 Å². The van der Waals surface area contributed by atoms with Crippen molar-refractivity contribution in [3.8, 4) is 5.75 Å². The highest BCUT2D eigenvalue weighted by molar-refractivity contribution is 6.02. The number of para-hydroxylation sites is 2. The predicted octanol–water partition coefficient (Wildman–Crippen LogP) is 5.62. The second kappa shape index (κ2) is 8.94. The van der Waals surface area contributed by atoms with Crippen molar-refractivity contribution in [3.05, 3.63) is 59.7 Å². The molecule has 27 heavy (non-hydrogen) atoms. The number of nitrogens with one attached hydrogen (secondary N) is 1. The smallest absolute Gasteiger partial charge is 0.258 e. The van der Waals surface area contributed by atoms with E-state index in [1.165, 1.54) is 6.42 Å². The van der Waals surface area contributed by atoms with Gasteiger partial charge in [-0.3, -0.25) is 4.79 Å². The van der Waals surface area contributed by atoms with Crippen LogP contribution in [0.25, 0.3) is 0 Å². The van der Waals surface area contributed by atoms with Gasteiger partial charge in [0, 0.05) is 17.3 Å². The minimum atomic E-state index is -0.232. The molecule has 2 aromatic rings. The Hall–Kier alpha value is -2.49. The van der Waals surface area contributed by atoms with E-state index in [0.29, 0.717) is 6.61 Å². The highest BCUT2D eigenvalue weighted by Crippen LogP contribution is 2.38. The quantitative estimate of drug-likeness (QED) is 0.616. The SMILES string of the molecule is CCCCCOc1ccccc1C1Nc2ccccc2C(=O)N1C(C)CC. The molecule has 1 heterocycles. The number of ether oxygens (including phenoxy) is 1. The molecule has 144 valence electrons. The van der Waals surface area contributed by atoms with Crippen molar-refractivity contribution in [1.29, 1.82) is 0 Å². The summed E-state index contributed by atoms with van der Waals surface area (Å²) in [5.74, 6) is 0.927. The van der Waals surface area contributed by atoms with Crippen LogP contribution < -0.4 is 10.1 Å². The lowest BCUT2D eigenvalue weighted by Gasteiger charge is -2.42. The Kier molecular flexibility index (Phi) is 6.38. The van der Waals surface area contributed by atoms with Gasteiger partial charge in [-0.1, -0.05) is 57.0 Å². The maximum absolute atomic E-state index is 13.3. The van der Waals surface area contributed by atoms with E-state index in [1.54, 1.807) is 0 Å². The van der Waals surface area contributed by atoms with Gasteiger partial charge in [0.2, 0.25) is 0 Å². The first kappa shape index (κ1) is 19.3. The largest absolute Gasteiger partial charge is 0.493 e.